The van der Waals surface area contributed by atoms with Crippen molar-refractivity contribution in [1.29, 1.82) is 0 Å². The quantitative estimate of drug-likeness (QED) is 0.757. The number of hydrogen-bond acceptors (Lipinski definition) is 3. The topological polar surface area (TPSA) is 69.7 Å². The Kier molecular flexibility index (Phi) is 5.63. The molecule has 0 saturated carbocycles. The third-order valence-corrected chi connectivity index (χ3v) is 5.11. The summed E-state index contributed by atoms with van der Waals surface area (Å²) >= 11 is 0. The molecule has 1 aliphatic heterocycles. The van der Waals surface area contributed by atoms with Gasteiger partial charge in [0.1, 0.15) is 23.7 Å². The van der Waals surface area contributed by atoms with Crippen molar-refractivity contribution in [2.75, 3.05) is 13.6 Å². The Morgan fingerprint density at radius 1 is 1.14 bits per heavy atom. The van der Waals surface area contributed by atoms with Gasteiger partial charge in [-0.15, -0.1) is 0 Å². The highest BCUT2D eigenvalue weighted by Gasteiger charge is 2.51. The molecule has 0 aliphatic carbocycles. The molecule has 1 heterocycles. The van der Waals surface area contributed by atoms with Crippen molar-refractivity contribution in [3.8, 4) is 0 Å². The van der Waals surface area contributed by atoms with Crippen LogP contribution in [-0.4, -0.2) is 41.2 Å². The summed E-state index contributed by atoms with van der Waals surface area (Å²) in [4.78, 5) is 40.1. The standard InChI is InChI=1S/C21H21F2N3O3/c1-3-21(15-7-5-4-6-8-15)19(28)26(20(29)24-21)13-18(27)25(2)12-14-9-10-16(22)11-17(14)23/h4-11H,3,12-13H2,1-2H3,(H,24,29). The minimum Gasteiger partial charge on any atom is -0.340 e. The summed E-state index contributed by atoms with van der Waals surface area (Å²) < 4.78 is 26.9. The van der Waals surface area contributed by atoms with E-state index in [0.29, 0.717) is 12.0 Å². The Balaban J connectivity index is 1.74. The summed E-state index contributed by atoms with van der Waals surface area (Å²) in [7, 11) is 1.42. The fourth-order valence-corrected chi connectivity index (χ4v) is 3.38. The lowest BCUT2D eigenvalue weighted by atomic mass is 9.87. The fourth-order valence-electron chi connectivity index (χ4n) is 3.38. The predicted octanol–water partition coefficient (Wildman–Crippen LogP) is 2.78. The van der Waals surface area contributed by atoms with Gasteiger partial charge < -0.3 is 10.2 Å². The second-order valence-electron chi connectivity index (χ2n) is 6.93. The monoisotopic (exact) mass is 401 g/mol. The van der Waals surface area contributed by atoms with Gasteiger partial charge >= 0.3 is 6.03 Å². The lowest BCUT2D eigenvalue weighted by molar-refractivity contribution is -0.138. The van der Waals surface area contributed by atoms with Crippen molar-refractivity contribution in [2.45, 2.75) is 25.4 Å². The molecular weight excluding hydrogens is 380 g/mol. The Morgan fingerprint density at radius 3 is 2.45 bits per heavy atom. The van der Waals surface area contributed by atoms with Crippen LogP contribution in [0, 0.1) is 11.6 Å². The minimum atomic E-state index is -1.22. The van der Waals surface area contributed by atoms with Crippen LogP contribution in [0.1, 0.15) is 24.5 Å². The maximum Gasteiger partial charge on any atom is 0.325 e. The second kappa shape index (κ2) is 7.98. The average molecular weight is 401 g/mol. The number of likely N-dealkylation sites (N-methyl/N-ethyl adjacent to an activating group) is 1. The molecule has 1 aliphatic rings. The third-order valence-electron chi connectivity index (χ3n) is 5.11. The van der Waals surface area contributed by atoms with E-state index in [2.05, 4.69) is 5.32 Å². The van der Waals surface area contributed by atoms with E-state index in [9.17, 15) is 23.2 Å². The van der Waals surface area contributed by atoms with E-state index < -0.39 is 41.6 Å². The first-order valence-electron chi connectivity index (χ1n) is 9.16. The molecule has 0 spiro atoms. The number of nitrogens with zero attached hydrogens (tertiary/aromatic N) is 2. The number of carbonyl (C=O) groups is 3. The summed E-state index contributed by atoms with van der Waals surface area (Å²) in [5, 5.41) is 2.71. The van der Waals surface area contributed by atoms with E-state index in [-0.39, 0.29) is 12.1 Å². The summed E-state index contributed by atoms with van der Waals surface area (Å²) in [6, 6.07) is 11.3. The Labute approximate surface area is 167 Å². The number of nitrogens with one attached hydrogen (secondary N) is 1. The largest absolute Gasteiger partial charge is 0.340 e. The molecule has 1 atom stereocenters. The SMILES string of the molecule is CCC1(c2ccccc2)NC(=O)N(CC(=O)N(C)Cc2ccc(F)cc2F)C1=O. The van der Waals surface area contributed by atoms with E-state index in [4.69, 9.17) is 0 Å². The van der Waals surface area contributed by atoms with Crippen LogP contribution >= 0.6 is 0 Å². The van der Waals surface area contributed by atoms with Crippen molar-refractivity contribution < 1.29 is 23.2 Å². The van der Waals surface area contributed by atoms with Crippen LogP contribution in [0.15, 0.2) is 48.5 Å². The second-order valence-corrected chi connectivity index (χ2v) is 6.93. The number of rotatable bonds is 6. The number of amides is 4. The molecule has 152 valence electrons. The van der Waals surface area contributed by atoms with Crippen LogP contribution in [0.2, 0.25) is 0 Å². The summed E-state index contributed by atoms with van der Waals surface area (Å²) in [6.07, 6.45) is 0.322. The van der Waals surface area contributed by atoms with Crippen LogP contribution in [0.25, 0.3) is 0 Å². The highest BCUT2D eigenvalue weighted by molar-refractivity contribution is 6.09. The molecular formula is C21H21F2N3O3. The molecule has 1 fully saturated rings. The zero-order chi connectivity index (χ0) is 21.2. The molecule has 0 radical (unpaired) electrons. The molecule has 6 nitrogen and oxygen atoms in total. The zero-order valence-electron chi connectivity index (χ0n) is 16.1. The average Bonchev–Trinajstić information content (AvgIpc) is 2.95. The molecule has 1 unspecified atom stereocenters. The van der Waals surface area contributed by atoms with Crippen LogP contribution < -0.4 is 5.32 Å². The Morgan fingerprint density at radius 2 is 1.83 bits per heavy atom. The van der Waals surface area contributed by atoms with Gasteiger partial charge in [-0.3, -0.25) is 14.5 Å². The van der Waals surface area contributed by atoms with Crippen molar-refractivity contribution in [3.63, 3.8) is 0 Å². The van der Waals surface area contributed by atoms with Gasteiger partial charge in [-0.05, 0) is 18.1 Å². The van der Waals surface area contributed by atoms with E-state index in [1.54, 1.807) is 37.3 Å². The number of halogens is 2. The molecule has 0 aromatic heterocycles. The van der Waals surface area contributed by atoms with Gasteiger partial charge in [0.05, 0.1) is 0 Å². The van der Waals surface area contributed by atoms with Crippen molar-refractivity contribution in [3.05, 3.63) is 71.3 Å². The summed E-state index contributed by atoms with van der Waals surface area (Å²) in [5.41, 5.74) is -0.454. The third kappa shape index (κ3) is 3.83. The number of imide groups is 1. The van der Waals surface area contributed by atoms with Gasteiger partial charge in [0, 0.05) is 25.2 Å². The lowest BCUT2D eigenvalue weighted by Crippen LogP contribution is -2.45. The van der Waals surface area contributed by atoms with Gasteiger partial charge in [0.25, 0.3) is 5.91 Å². The molecule has 2 aromatic carbocycles. The fraction of sp³-hybridized carbons (Fsp3) is 0.286. The lowest BCUT2D eigenvalue weighted by Gasteiger charge is -2.26. The smallest absolute Gasteiger partial charge is 0.325 e. The zero-order valence-corrected chi connectivity index (χ0v) is 16.1. The highest BCUT2D eigenvalue weighted by Crippen LogP contribution is 2.32. The molecule has 1 saturated heterocycles. The normalized spacial score (nSPS) is 18.7. The van der Waals surface area contributed by atoms with Gasteiger partial charge in [-0.25, -0.2) is 13.6 Å². The van der Waals surface area contributed by atoms with E-state index in [1.165, 1.54) is 18.0 Å². The first kappa shape index (κ1) is 20.4. The van der Waals surface area contributed by atoms with Crippen molar-refractivity contribution >= 4 is 17.8 Å². The van der Waals surface area contributed by atoms with E-state index in [0.717, 1.165) is 17.0 Å². The van der Waals surface area contributed by atoms with Gasteiger partial charge in [0.2, 0.25) is 5.91 Å². The molecule has 2 aromatic rings. The first-order chi connectivity index (χ1) is 13.8. The number of urea groups is 1. The van der Waals surface area contributed by atoms with Crippen LogP contribution in [0.5, 0.6) is 0 Å². The van der Waals surface area contributed by atoms with Crippen molar-refractivity contribution in [1.82, 2.24) is 15.1 Å². The molecule has 1 N–H and O–H groups in total. The first-order valence-corrected chi connectivity index (χ1v) is 9.16. The molecule has 8 heteroatoms. The van der Waals surface area contributed by atoms with Gasteiger partial charge in [-0.1, -0.05) is 43.3 Å². The highest BCUT2D eigenvalue weighted by atomic mass is 19.1. The van der Waals surface area contributed by atoms with Crippen LogP contribution in [0.4, 0.5) is 13.6 Å². The number of benzene rings is 2. The maximum atomic E-state index is 13.8. The predicted molar refractivity (Wildman–Crippen MR) is 101 cm³/mol. The van der Waals surface area contributed by atoms with Crippen LogP contribution in [-0.2, 0) is 21.7 Å². The van der Waals surface area contributed by atoms with E-state index >= 15 is 0 Å². The van der Waals surface area contributed by atoms with Gasteiger partial charge in [-0.2, -0.15) is 0 Å². The molecule has 4 amide bonds. The number of carbonyl (C=O) groups excluding carboxylic acids is 3. The van der Waals surface area contributed by atoms with Crippen LogP contribution in [0.3, 0.4) is 0 Å². The number of hydrogen-bond donors (Lipinski definition) is 1. The minimum absolute atomic E-state index is 0.119. The molecule has 3 rings (SSSR count). The molecule has 29 heavy (non-hydrogen) atoms. The van der Waals surface area contributed by atoms with E-state index in [1.807, 2.05) is 0 Å². The molecule has 0 bridgehead atoms. The Hall–Kier alpha value is -3.29. The Bertz CT molecular complexity index is 951. The summed E-state index contributed by atoms with van der Waals surface area (Å²) in [6.45, 7) is 1.19. The van der Waals surface area contributed by atoms with Crippen molar-refractivity contribution in [2.24, 2.45) is 0 Å². The maximum absolute atomic E-state index is 13.8. The summed E-state index contributed by atoms with van der Waals surface area (Å²) in [5.74, 6) is -2.53. The van der Waals surface area contributed by atoms with Gasteiger partial charge in [0.15, 0.2) is 0 Å².